The molecule has 4 unspecified atom stereocenters. The van der Waals surface area contributed by atoms with Crippen LogP contribution in [-0.2, 0) is 4.79 Å². The number of carbonyl (C=O) groups is 1. The van der Waals surface area contributed by atoms with Crippen molar-refractivity contribution in [1.29, 1.82) is 0 Å². The Morgan fingerprint density at radius 2 is 2.41 bits per heavy atom. The first-order valence-electron chi connectivity index (χ1n) is 6.22. The van der Waals surface area contributed by atoms with Gasteiger partial charge in [0.2, 0.25) is 5.91 Å². The first-order valence-corrected chi connectivity index (χ1v) is 6.22. The molecule has 1 heterocycles. The summed E-state index contributed by atoms with van der Waals surface area (Å²) in [4.78, 5) is 19.3. The van der Waals surface area contributed by atoms with Gasteiger partial charge >= 0.3 is 0 Å². The summed E-state index contributed by atoms with van der Waals surface area (Å²) < 4.78 is 0. The molecule has 17 heavy (non-hydrogen) atoms. The van der Waals surface area contributed by atoms with Gasteiger partial charge in [0.25, 0.3) is 0 Å². The number of fused-ring (bicyclic) bond motifs is 2. The Kier molecular flexibility index (Phi) is 2.50. The van der Waals surface area contributed by atoms with Crippen LogP contribution in [0.25, 0.3) is 0 Å². The van der Waals surface area contributed by atoms with Gasteiger partial charge in [-0.25, -0.2) is 4.98 Å². The molecular formula is C13H17N3O. The number of rotatable bonds is 3. The number of aromatic amines is 1. The van der Waals surface area contributed by atoms with Gasteiger partial charge in [0.1, 0.15) is 5.82 Å². The van der Waals surface area contributed by atoms with E-state index in [4.69, 9.17) is 0 Å². The first kappa shape index (κ1) is 10.6. The maximum absolute atomic E-state index is 12.2. The van der Waals surface area contributed by atoms with E-state index in [0.29, 0.717) is 11.8 Å². The topological polar surface area (TPSA) is 57.8 Å². The van der Waals surface area contributed by atoms with Crippen molar-refractivity contribution in [1.82, 2.24) is 15.3 Å². The van der Waals surface area contributed by atoms with Crippen molar-refractivity contribution in [3.63, 3.8) is 0 Å². The average Bonchev–Trinajstić information content (AvgIpc) is 3.05. The third kappa shape index (κ3) is 1.88. The summed E-state index contributed by atoms with van der Waals surface area (Å²) in [6.45, 7) is 1.96. The zero-order chi connectivity index (χ0) is 11.8. The second-order valence-corrected chi connectivity index (χ2v) is 5.09. The van der Waals surface area contributed by atoms with E-state index in [2.05, 4.69) is 27.4 Å². The van der Waals surface area contributed by atoms with Gasteiger partial charge in [-0.15, -0.1) is 0 Å². The van der Waals surface area contributed by atoms with Crippen LogP contribution in [0.1, 0.15) is 31.6 Å². The summed E-state index contributed by atoms with van der Waals surface area (Å²) >= 11 is 0. The minimum Gasteiger partial charge on any atom is -0.347 e. The van der Waals surface area contributed by atoms with Crippen LogP contribution in [0.4, 0.5) is 0 Å². The molecule has 1 fully saturated rings. The van der Waals surface area contributed by atoms with Crippen molar-refractivity contribution in [2.24, 2.45) is 17.8 Å². The van der Waals surface area contributed by atoms with E-state index in [1.165, 1.54) is 0 Å². The quantitative estimate of drug-likeness (QED) is 0.779. The number of hydrogen-bond acceptors (Lipinski definition) is 2. The maximum atomic E-state index is 12.2. The van der Waals surface area contributed by atoms with E-state index < -0.39 is 0 Å². The van der Waals surface area contributed by atoms with E-state index in [-0.39, 0.29) is 17.9 Å². The van der Waals surface area contributed by atoms with Crippen LogP contribution >= 0.6 is 0 Å². The highest BCUT2D eigenvalue weighted by Gasteiger charge is 2.40. The molecule has 2 aliphatic rings. The van der Waals surface area contributed by atoms with Gasteiger partial charge in [-0.05, 0) is 31.6 Å². The summed E-state index contributed by atoms with van der Waals surface area (Å²) in [5, 5.41) is 3.04. The van der Waals surface area contributed by atoms with Crippen molar-refractivity contribution >= 4 is 5.91 Å². The number of nitrogens with zero attached hydrogens (tertiary/aromatic N) is 1. The molecule has 0 spiro atoms. The predicted octanol–water partition coefficient (Wildman–Crippen LogP) is 1.80. The SMILES string of the molecule is CC(NC(=O)C1CC2C=CC1C2)c1ncc[nH]1. The van der Waals surface area contributed by atoms with Gasteiger partial charge in [-0.2, -0.15) is 0 Å². The molecule has 1 aromatic rings. The van der Waals surface area contributed by atoms with Gasteiger partial charge < -0.3 is 10.3 Å². The molecular weight excluding hydrogens is 214 g/mol. The van der Waals surface area contributed by atoms with Crippen molar-refractivity contribution in [2.45, 2.75) is 25.8 Å². The number of hydrogen-bond donors (Lipinski definition) is 2. The normalized spacial score (nSPS) is 31.7. The number of amides is 1. The van der Waals surface area contributed by atoms with Crippen molar-refractivity contribution < 1.29 is 4.79 Å². The number of allylic oxidation sites excluding steroid dienone is 2. The lowest BCUT2D eigenvalue weighted by Gasteiger charge is -2.20. The monoisotopic (exact) mass is 231 g/mol. The van der Waals surface area contributed by atoms with Crippen LogP contribution in [0.15, 0.2) is 24.5 Å². The van der Waals surface area contributed by atoms with Crippen molar-refractivity contribution in [3.8, 4) is 0 Å². The number of carbonyl (C=O) groups excluding carboxylic acids is 1. The van der Waals surface area contributed by atoms with Crippen LogP contribution in [-0.4, -0.2) is 15.9 Å². The van der Waals surface area contributed by atoms with Crippen LogP contribution < -0.4 is 5.32 Å². The molecule has 3 rings (SSSR count). The third-order valence-corrected chi connectivity index (χ3v) is 3.90. The fourth-order valence-corrected chi connectivity index (χ4v) is 2.99. The van der Waals surface area contributed by atoms with Gasteiger partial charge in [-0.1, -0.05) is 12.2 Å². The second-order valence-electron chi connectivity index (χ2n) is 5.09. The summed E-state index contributed by atoms with van der Waals surface area (Å²) in [5.74, 6) is 2.25. The Labute approximate surface area is 101 Å². The Hall–Kier alpha value is -1.58. The fourth-order valence-electron chi connectivity index (χ4n) is 2.99. The zero-order valence-electron chi connectivity index (χ0n) is 9.89. The van der Waals surface area contributed by atoms with Gasteiger partial charge in [-0.3, -0.25) is 4.79 Å². The highest BCUT2D eigenvalue weighted by atomic mass is 16.2. The number of aromatic nitrogens is 2. The Morgan fingerprint density at radius 1 is 1.53 bits per heavy atom. The van der Waals surface area contributed by atoms with Gasteiger partial charge in [0, 0.05) is 18.3 Å². The smallest absolute Gasteiger partial charge is 0.224 e. The highest BCUT2D eigenvalue weighted by molar-refractivity contribution is 5.80. The van der Waals surface area contributed by atoms with E-state index in [1.54, 1.807) is 12.4 Å². The highest BCUT2D eigenvalue weighted by Crippen LogP contribution is 2.43. The zero-order valence-corrected chi connectivity index (χ0v) is 9.89. The van der Waals surface area contributed by atoms with Gasteiger partial charge in [0.05, 0.1) is 6.04 Å². The third-order valence-electron chi connectivity index (χ3n) is 3.90. The van der Waals surface area contributed by atoms with Crippen molar-refractivity contribution in [2.75, 3.05) is 0 Å². The van der Waals surface area contributed by atoms with Crippen molar-refractivity contribution in [3.05, 3.63) is 30.4 Å². The lowest BCUT2D eigenvalue weighted by molar-refractivity contribution is -0.126. The number of nitrogens with one attached hydrogen (secondary N) is 2. The van der Waals surface area contributed by atoms with Crippen LogP contribution in [0, 0.1) is 17.8 Å². The van der Waals surface area contributed by atoms with Gasteiger partial charge in [0.15, 0.2) is 0 Å². The van der Waals surface area contributed by atoms with Crippen LogP contribution in [0.2, 0.25) is 0 Å². The van der Waals surface area contributed by atoms with Crippen LogP contribution in [0.5, 0.6) is 0 Å². The lowest BCUT2D eigenvalue weighted by atomic mass is 9.92. The molecule has 0 saturated heterocycles. The van der Waals surface area contributed by atoms with E-state index in [1.807, 2.05) is 6.92 Å². The average molecular weight is 231 g/mol. The summed E-state index contributed by atoms with van der Waals surface area (Å²) in [7, 11) is 0. The maximum Gasteiger partial charge on any atom is 0.224 e. The lowest BCUT2D eigenvalue weighted by Crippen LogP contribution is -2.35. The Balaban J connectivity index is 1.62. The predicted molar refractivity (Wildman–Crippen MR) is 64.0 cm³/mol. The molecule has 0 radical (unpaired) electrons. The minimum atomic E-state index is -0.0411. The molecule has 4 atom stereocenters. The van der Waals surface area contributed by atoms with E-state index in [9.17, 15) is 4.79 Å². The Morgan fingerprint density at radius 3 is 3.00 bits per heavy atom. The van der Waals surface area contributed by atoms with E-state index >= 15 is 0 Å². The minimum absolute atomic E-state index is 0.0411. The molecule has 0 aromatic carbocycles. The van der Waals surface area contributed by atoms with E-state index in [0.717, 1.165) is 18.7 Å². The molecule has 2 aliphatic carbocycles. The summed E-state index contributed by atoms with van der Waals surface area (Å²) in [6, 6.07) is -0.0411. The van der Waals surface area contributed by atoms with Crippen LogP contribution in [0.3, 0.4) is 0 Å². The molecule has 4 heteroatoms. The summed E-state index contributed by atoms with van der Waals surface area (Å²) in [6.07, 6.45) is 10.1. The standard InChI is InChI=1S/C13H17N3O/c1-8(12-14-4-5-15-12)16-13(17)11-7-9-2-3-10(11)6-9/h2-5,8-11H,6-7H2,1H3,(H,14,15)(H,16,17). The molecule has 90 valence electrons. The molecule has 1 saturated carbocycles. The fraction of sp³-hybridized carbons (Fsp3) is 0.538. The number of imidazole rings is 1. The number of H-pyrrole nitrogens is 1. The molecule has 2 bridgehead atoms. The molecule has 1 aromatic heterocycles. The molecule has 2 N–H and O–H groups in total. The molecule has 4 nitrogen and oxygen atoms in total. The molecule has 1 amide bonds. The molecule has 0 aliphatic heterocycles. The first-order chi connectivity index (χ1) is 8.24. The Bertz CT molecular complexity index is 438. The second kappa shape index (κ2) is 4.02. The largest absolute Gasteiger partial charge is 0.347 e. The summed E-state index contributed by atoms with van der Waals surface area (Å²) in [5.41, 5.74) is 0.